The summed E-state index contributed by atoms with van der Waals surface area (Å²) in [4.78, 5) is 28.3. The molecule has 33 heavy (non-hydrogen) atoms. The quantitative estimate of drug-likeness (QED) is 0.567. The van der Waals surface area contributed by atoms with Gasteiger partial charge in [0.2, 0.25) is 18.6 Å². The van der Waals surface area contributed by atoms with Gasteiger partial charge in [-0.25, -0.2) is 0 Å². The molecule has 0 saturated heterocycles. The Hall–Kier alpha value is -2.73. The lowest BCUT2D eigenvalue weighted by molar-refractivity contribution is -0.141. The summed E-state index contributed by atoms with van der Waals surface area (Å²) in [5.74, 6) is 1.28. The lowest BCUT2D eigenvalue weighted by atomic mass is 10.1. The number of hydrogen-bond acceptors (Lipinski definition) is 4. The molecule has 1 aliphatic carbocycles. The number of halogens is 1. The van der Waals surface area contributed by atoms with Gasteiger partial charge in [-0.3, -0.25) is 9.59 Å². The van der Waals surface area contributed by atoms with Gasteiger partial charge in [0.05, 0.1) is 0 Å². The van der Waals surface area contributed by atoms with Crippen LogP contribution in [0.5, 0.6) is 11.5 Å². The summed E-state index contributed by atoms with van der Waals surface area (Å²) in [6.45, 7) is 2.47. The van der Waals surface area contributed by atoms with Crippen molar-refractivity contribution >= 4 is 23.4 Å². The van der Waals surface area contributed by atoms with E-state index in [0.717, 1.165) is 42.6 Å². The summed E-state index contributed by atoms with van der Waals surface area (Å²) >= 11 is 6.40. The van der Waals surface area contributed by atoms with Gasteiger partial charge in [-0.15, -0.1) is 0 Å². The second-order valence-corrected chi connectivity index (χ2v) is 9.12. The predicted molar refractivity (Wildman–Crippen MR) is 127 cm³/mol. The first-order valence-corrected chi connectivity index (χ1v) is 12.1. The zero-order valence-corrected chi connectivity index (χ0v) is 19.8. The third-order valence-corrected chi connectivity index (χ3v) is 6.82. The van der Waals surface area contributed by atoms with E-state index in [0.29, 0.717) is 30.2 Å². The molecule has 1 aliphatic heterocycles. The first-order valence-electron chi connectivity index (χ1n) is 11.8. The van der Waals surface area contributed by atoms with Crippen LogP contribution in [0.1, 0.15) is 56.6 Å². The van der Waals surface area contributed by atoms with E-state index in [9.17, 15) is 9.59 Å². The molecule has 1 atom stereocenters. The Morgan fingerprint density at radius 2 is 1.88 bits per heavy atom. The lowest BCUT2D eigenvalue weighted by Crippen LogP contribution is -2.51. The number of ether oxygens (including phenoxy) is 2. The van der Waals surface area contributed by atoms with Crippen LogP contribution < -0.4 is 14.8 Å². The molecule has 1 N–H and O–H groups in total. The highest BCUT2D eigenvalue weighted by Gasteiger charge is 2.30. The van der Waals surface area contributed by atoms with Crippen LogP contribution in [0.3, 0.4) is 0 Å². The van der Waals surface area contributed by atoms with Gasteiger partial charge < -0.3 is 19.7 Å². The van der Waals surface area contributed by atoms with Crippen molar-refractivity contribution in [1.29, 1.82) is 0 Å². The second kappa shape index (κ2) is 10.9. The molecule has 176 valence electrons. The number of hydrogen-bond donors (Lipinski definition) is 1. The first-order chi connectivity index (χ1) is 16.0. The fraction of sp³-hybridized carbons (Fsp3) is 0.462. The van der Waals surface area contributed by atoms with Gasteiger partial charge in [0, 0.05) is 24.0 Å². The molecule has 7 heteroatoms. The molecule has 1 heterocycles. The molecule has 0 bridgehead atoms. The third-order valence-electron chi connectivity index (χ3n) is 6.45. The third kappa shape index (κ3) is 5.80. The van der Waals surface area contributed by atoms with E-state index in [1.807, 2.05) is 49.4 Å². The zero-order chi connectivity index (χ0) is 23.2. The number of rotatable bonds is 9. The highest BCUT2D eigenvalue weighted by molar-refractivity contribution is 6.31. The minimum absolute atomic E-state index is 0.0685. The maximum atomic E-state index is 13.5. The summed E-state index contributed by atoms with van der Waals surface area (Å²) in [6, 6.07) is 12.9. The molecule has 4 rings (SSSR count). The number of carbonyl (C=O) groups excluding carboxylic acids is 2. The van der Waals surface area contributed by atoms with E-state index in [4.69, 9.17) is 21.1 Å². The van der Waals surface area contributed by atoms with Crippen LogP contribution in [0.4, 0.5) is 0 Å². The van der Waals surface area contributed by atoms with E-state index >= 15 is 0 Å². The minimum Gasteiger partial charge on any atom is -0.454 e. The van der Waals surface area contributed by atoms with Crippen LogP contribution in [-0.2, 0) is 22.6 Å². The molecule has 0 radical (unpaired) electrons. The zero-order valence-electron chi connectivity index (χ0n) is 19.0. The smallest absolute Gasteiger partial charge is 0.243 e. The molecule has 1 unspecified atom stereocenters. The van der Waals surface area contributed by atoms with Crippen molar-refractivity contribution in [3.63, 3.8) is 0 Å². The van der Waals surface area contributed by atoms with Gasteiger partial charge in [-0.05, 0) is 55.0 Å². The van der Waals surface area contributed by atoms with Crippen molar-refractivity contribution in [3.05, 3.63) is 58.6 Å². The molecule has 1 saturated carbocycles. The van der Waals surface area contributed by atoms with Crippen LogP contribution in [0.2, 0.25) is 5.02 Å². The minimum atomic E-state index is -0.536. The summed E-state index contributed by atoms with van der Waals surface area (Å²) in [5, 5.41) is 3.77. The van der Waals surface area contributed by atoms with Crippen molar-refractivity contribution < 1.29 is 19.1 Å². The first kappa shape index (κ1) is 23.4. The molecule has 2 aromatic carbocycles. The van der Waals surface area contributed by atoms with Crippen LogP contribution in [0.15, 0.2) is 42.5 Å². The largest absolute Gasteiger partial charge is 0.454 e. The van der Waals surface area contributed by atoms with Crippen molar-refractivity contribution in [2.75, 3.05) is 6.79 Å². The molecule has 1 fully saturated rings. The fourth-order valence-electron chi connectivity index (χ4n) is 4.59. The number of nitrogens with zero attached hydrogens (tertiary/aromatic N) is 1. The van der Waals surface area contributed by atoms with Gasteiger partial charge in [-0.2, -0.15) is 0 Å². The SMILES string of the molecule is CCC(C(=O)NC1CCCC1)N(Cc1ccccc1Cl)C(=O)CCc1ccc2c(c1)OCO2. The molecular formula is C26H31ClN2O4. The van der Waals surface area contributed by atoms with Crippen LogP contribution in [-0.4, -0.2) is 35.6 Å². The molecule has 2 aliphatic rings. The molecule has 2 amide bonds. The van der Waals surface area contributed by atoms with E-state index < -0.39 is 6.04 Å². The van der Waals surface area contributed by atoms with Crippen LogP contribution in [0.25, 0.3) is 0 Å². The Labute approximate surface area is 200 Å². The number of amides is 2. The van der Waals surface area contributed by atoms with Gasteiger partial charge in [-0.1, -0.05) is 55.6 Å². The van der Waals surface area contributed by atoms with Gasteiger partial charge in [0.1, 0.15) is 6.04 Å². The number of carbonyl (C=O) groups is 2. The highest BCUT2D eigenvalue weighted by atomic mass is 35.5. The predicted octanol–water partition coefficient (Wildman–Crippen LogP) is 4.87. The molecular weight excluding hydrogens is 440 g/mol. The van der Waals surface area contributed by atoms with E-state index in [1.54, 1.807) is 4.90 Å². The van der Waals surface area contributed by atoms with Gasteiger partial charge in [0.15, 0.2) is 11.5 Å². The maximum Gasteiger partial charge on any atom is 0.243 e. The molecule has 6 nitrogen and oxygen atoms in total. The number of benzene rings is 2. The Morgan fingerprint density at radius 1 is 1.12 bits per heavy atom. The van der Waals surface area contributed by atoms with Gasteiger partial charge >= 0.3 is 0 Å². The molecule has 0 aromatic heterocycles. The number of aryl methyl sites for hydroxylation is 1. The Bertz CT molecular complexity index is 990. The topological polar surface area (TPSA) is 67.9 Å². The van der Waals surface area contributed by atoms with Crippen LogP contribution >= 0.6 is 11.6 Å². The Balaban J connectivity index is 1.49. The fourth-order valence-corrected chi connectivity index (χ4v) is 4.78. The van der Waals surface area contributed by atoms with Gasteiger partial charge in [0.25, 0.3) is 0 Å². The summed E-state index contributed by atoms with van der Waals surface area (Å²) < 4.78 is 10.8. The van der Waals surface area contributed by atoms with E-state index in [2.05, 4.69) is 5.32 Å². The normalized spacial score (nSPS) is 15.9. The van der Waals surface area contributed by atoms with Crippen molar-refractivity contribution in [2.45, 2.75) is 70.5 Å². The maximum absolute atomic E-state index is 13.5. The summed E-state index contributed by atoms with van der Waals surface area (Å²) in [6.07, 6.45) is 5.67. The van der Waals surface area contributed by atoms with Crippen LogP contribution in [0, 0.1) is 0 Å². The number of nitrogens with one attached hydrogen (secondary N) is 1. The van der Waals surface area contributed by atoms with Crippen molar-refractivity contribution in [3.8, 4) is 11.5 Å². The second-order valence-electron chi connectivity index (χ2n) is 8.71. The summed E-state index contributed by atoms with van der Waals surface area (Å²) in [5.41, 5.74) is 1.83. The number of fused-ring (bicyclic) bond motifs is 1. The Morgan fingerprint density at radius 3 is 2.64 bits per heavy atom. The Kier molecular flexibility index (Phi) is 7.76. The van der Waals surface area contributed by atoms with E-state index in [-0.39, 0.29) is 31.1 Å². The average Bonchev–Trinajstić information content (AvgIpc) is 3.50. The average molecular weight is 471 g/mol. The molecule has 0 spiro atoms. The standard InChI is InChI=1S/C26H31ClN2O4/c1-2-22(26(31)28-20-8-4-5-9-20)29(16-19-7-3-6-10-21(19)27)25(30)14-12-18-11-13-23-24(15-18)33-17-32-23/h3,6-7,10-11,13,15,20,22H,2,4-5,8-9,12,14,16-17H2,1H3,(H,28,31). The van der Waals surface area contributed by atoms with Crippen molar-refractivity contribution in [2.24, 2.45) is 0 Å². The lowest BCUT2D eigenvalue weighted by Gasteiger charge is -2.32. The van der Waals surface area contributed by atoms with E-state index in [1.165, 1.54) is 0 Å². The van der Waals surface area contributed by atoms with Crippen molar-refractivity contribution in [1.82, 2.24) is 10.2 Å². The summed E-state index contributed by atoms with van der Waals surface area (Å²) in [7, 11) is 0. The molecule has 2 aromatic rings. The monoisotopic (exact) mass is 470 g/mol. The highest BCUT2D eigenvalue weighted by Crippen LogP contribution is 2.33.